The molecule has 0 fully saturated rings. The molecule has 0 aliphatic carbocycles. The fourth-order valence-corrected chi connectivity index (χ4v) is 2.06. The van der Waals surface area contributed by atoms with Crippen LogP contribution in [0.4, 0.5) is 0 Å². The fraction of sp³-hybridized carbons (Fsp3) is 0.385. The lowest BCUT2D eigenvalue weighted by atomic mass is 10.1. The Labute approximate surface area is 112 Å². The summed E-state index contributed by atoms with van der Waals surface area (Å²) >= 11 is 6.06. The third-order valence-corrected chi connectivity index (χ3v) is 3.00. The predicted octanol–water partition coefficient (Wildman–Crippen LogP) is 2.64. The van der Waals surface area contributed by atoms with Gasteiger partial charge < -0.3 is 5.32 Å². The van der Waals surface area contributed by atoms with Gasteiger partial charge in [0.05, 0.1) is 0 Å². The van der Waals surface area contributed by atoms with Gasteiger partial charge in [-0.25, -0.2) is 9.67 Å². The summed E-state index contributed by atoms with van der Waals surface area (Å²) in [5, 5.41) is 8.23. The third-order valence-electron chi connectivity index (χ3n) is 2.76. The molecule has 0 radical (unpaired) electrons. The molecule has 0 amide bonds. The Morgan fingerprint density at radius 1 is 1.39 bits per heavy atom. The molecule has 1 aromatic heterocycles. The molecule has 1 aromatic carbocycles. The third kappa shape index (κ3) is 2.89. The average Bonchev–Trinajstić information content (AvgIpc) is 2.76. The van der Waals surface area contributed by atoms with Gasteiger partial charge in [-0.05, 0) is 36.7 Å². The van der Waals surface area contributed by atoms with Gasteiger partial charge in [-0.1, -0.05) is 18.5 Å². The molecule has 2 aromatic rings. The summed E-state index contributed by atoms with van der Waals surface area (Å²) < 4.78 is 1.77. The molecule has 5 heteroatoms. The van der Waals surface area contributed by atoms with E-state index in [0.717, 1.165) is 41.5 Å². The van der Waals surface area contributed by atoms with E-state index >= 15 is 0 Å². The average molecular weight is 265 g/mol. The van der Waals surface area contributed by atoms with Crippen LogP contribution < -0.4 is 5.32 Å². The first kappa shape index (κ1) is 13.1. The normalized spacial score (nSPS) is 10.8. The van der Waals surface area contributed by atoms with E-state index in [1.54, 1.807) is 11.0 Å². The van der Waals surface area contributed by atoms with Crippen LogP contribution in [-0.4, -0.2) is 21.3 Å². The van der Waals surface area contributed by atoms with Crippen LogP contribution in [0.2, 0.25) is 5.02 Å². The van der Waals surface area contributed by atoms with Crippen LogP contribution in [0.5, 0.6) is 0 Å². The Kier molecular flexibility index (Phi) is 4.33. The fourth-order valence-electron chi connectivity index (χ4n) is 1.87. The van der Waals surface area contributed by atoms with Crippen molar-refractivity contribution in [3.05, 3.63) is 35.1 Å². The number of hydrogen-bond acceptors (Lipinski definition) is 3. The van der Waals surface area contributed by atoms with E-state index in [0.29, 0.717) is 0 Å². The van der Waals surface area contributed by atoms with Gasteiger partial charge >= 0.3 is 0 Å². The molecule has 0 unspecified atom stereocenters. The van der Waals surface area contributed by atoms with Crippen molar-refractivity contribution in [2.75, 3.05) is 6.54 Å². The largest absolute Gasteiger partial charge is 0.313 e. The number of nitrogens with zero attached hydrogens (tertiary/aromatic N) is 3. The van der Waals surface area contributed by atoms with Crippen LogP contribution in [-0.2, 0) is 13.6 Å². The Hall–Kier alpha value is -1.39. The zero-order chi connectivity index (χ0) is 13.0. The summed E-state index contributed by atoms with van der Waals surface area (Å²) in [5.41, 5.74) is 2.22. The van der Waals surface area contributed by atoms with Gasteiger partial charge in [0.15, 0.2) is 5.82 Å². The van der Waals surface area contributed by atoms with E-state index in [9.17, 15) is 0 Å². The quantitative estimate of drug-likeness (QED) is 0.845. The van der Waals surface area contributed by atoms with Gasteiger partial charge in [0.1, 0.15) is 6.33 Å². The summed E-state index contributed by atoms with van der Waals surface area (Å²) in [5.74, 6) is 0.861. The van der Waals surface area contributed by atoms with Crippen molar-refractivity contribution in [1.29, 1.82) is 0 Å². The second-order valence-electron chi connectivity index (χ2n) is 4.19. The topological polar surface area (TPSA) is 42.7 Å². The zero-order valence-corrected chi connectivity index (χ0v) is 11.4. The number of aromatic nitrogens is 3. The van der Waals surface area contributed by atoms with Gasteiger partial charge in [0.2, 0.25) is 0 Å². The molecule has 96 valence electrons. The summed E-state index contributed by atoms with van der Waals surface area (Å²) in [6.07, 6.45) is 2.67. The molecule has 1 N–H and O–H groups in total. The first-order valence-corrected chi connectivity index (χ1v) is 6.43. The molecule has 0 atom stereocenters. The standard InChI is InChI=1S/C13H17ClN4/c1-3-6-15-8-10-7-11(14)4-5-12(10)13-16-9-17-18(13)2/h4-5,7,9,15H,3,6,8H2,1-2H3. The second-order valence-corrected chi connectivity index (χ2v) is 4.62. The van der Waals surface area contributed by atoms with Gasteiger partial charge in [0.25, 0.3) is 0 Å². The highest BCUT2D eigenvalue weighted by Gasteiger charge is 2.10. The van der Waals surface area contributed by atoms with E-state index in [2.05, 4.69) is 22.3 Å². The maximum absolute atomic E-state index is 6.06. The highest BCUT2D eigenvalue weighted by molar-refractivity contribution is 6.30. The Bertz CT molecular complexity index is 521. The molecule has 0 aliphatic heterocycles. The van der Waals surface area contributed by atoms with Crippen molar-refractivity contribution in [2.24, 2.45) is 7.05 Å². The molecule has 4 nitrogen and oxygen atoms in total. The minimum Gasteiger partial charge on any atom is -0.313 e. The SMILES string of the molecule is CCCNCc1cc(Cl)ccc1-c1ncnn1C. The van der Waals surface area contributed by atoms with Crippen LogP contribution in [0.15, 0.2) is 24.5 Å². The van der Waals surface area contributed by atoms with Crippen LogP contribution in [0.25, 0.3) is 11.4 Å². The number of hydrogen-bond donors (Lipinski definition) is 1. The maximum Gasteiger partial charge on any atom is 0.158 e. The minimum atomic E-state index is 0.745. The lowest BCUT2D eigenvalue weighted by Crippen LogP contribution is -2.14. The minimum absolute atomic E-state index is 0.745. The van der Waals surface area contributed by atoms with Crippen molar-refractivity contribution in [2.45, 2.75) is 19.9 Å². The Morgan fingerprint density at radius 2 is 2.22 bits per heavy atom. The van der Waals surface area contributed by atoms with Crippen molar-refractivity contribution < 1.29 is 0 Å². The lowest BCUT2D eigenvalue weighted by molar-refractivity contribution is 0.675. The molecule has 0 saturated heterocycles. The van der Waals surface area contributed by atoms with E-state index in [1.807, 2.05) is 25.2 Å². The van der Waals surface area contributed by atoms with E-state index < -0.39 is 0 Å². The molecule has 1 heterocycles. The summed E-state index contributed by atoms with van der Waals surface area (Å²) in [6, 6.07) is 5.86. The van der Waals surface area contributed by atoms with Gasteiger partial charge in [0, 0.05) is 24.2 Å². The highest BCUT2D eigenvalue weighted by atomic mass is 35.5. The molecular weight excluding hydrogens is 248 g/mol. The number of halogens is 1. The van der Waals surface area contributed by atoms with Crippen LogP contribution in [0, 0.1) is 0 Å². The first-order chi connectivity index (χ1) is 8.72. The molecule has 0 aliphatic rings. The lowest BCUT2D eigenvalue weighted by Gasteiger charge is -2.10. The molecule has 0 bridgehead atoms. The van der Waals surface area contributed by atoms with Gasteiger partial charge in [-0.15, -0.1) is 0 Å². The van der Waals surface area contributed by atoms with Crippen molar-refractivity contribution in [3.63, 3.8) is 0 Å². The van der Waals surface area contributed by atoms with E-state index in [-0.39, 0.29) is 0 Å². The van der Waals surface area contributed by atoms with Crippen molar-refractivity contribution in [3.8, 4) is 11.4 Å². The van der Waals surface area contributed by atoms with Crippen molar-refractivity contribution in [1.82, 2.24) is 20.1 Å². The van der Waals surface area contributed by atoms with Crippen LogP contribution in [0.3, 0.4) is 0 Å². The van der Waals surface area contributed by atoms with Gasteiger partial charge in [-0.2, -0.15) is 5.10 Å². The summed E-state index contributed by atoms with van der Waals surface area (Å²) in [7, 11) is 1.89. The molecule has 2 rings (SSSR count). The second kappa shape index (κ2) is 5.98. The maximum atomic E-state index is 6.06. The van der Waals surface area contributed by atoms with Crippen molar-refractivity contribution >= 4 is 11.6 Å². The first-order valence-electron chi connectivity index (χ1n) is 6.06. The van der Waals surface area contributed by atoms with Crippen LogP contribution >= 0.6 is 11.6 Å². The molecule has 0 saturated carbocycles. The van der Waals surface area contributed by atoms with E-state index in [4.69, 9.17) is 11.6 Å². The summed E-state index contributed by atoms with van der Waals surface area (Å²) in [4.78, 5) is 4.29. The number of nitrogens with one attached hydrogen (secondary N) is 1. The Balaban J connectivity index is 2.32. The van der Waals surface area contributed by atoms with Gasteiger partial charge in [-0.3, -0.25) is 0 Å². The number of benzene rings is 1. The Morgan fingerprint density at radius 3 is 2.89 bits per heavy atom. The predicted molar refractivity (Wildman–Crippen MR) is 73.4 cm³/mol. The zero-order valence-electron chi connectivity index (χ0n) is 10.7. The van der Waals surface area contributed by atoms with E-state index in [1.165, 1.54) is 0 Å². The highest BCUT2D eigenvalue weighted by Crippen LogP contribution is 2.24. The molecule has 18 heavy (non-hydrogen) atoms. The summed E-state index contributed by atoms with van der Waals surface area (Å²) in [6.45, 7) is 3.93. The number of aryl methyl sites for hydroxylation is 1. The van der Waals surface area contributed by atoms with Crippen LogP contribution in [0.1, 0.15) is 18.9 Å². The monoisotopic (exact) mass is 264 g/mol. The number of rotatable bonds is 5. The smallest absolute Gasteiger partial charge is 0.158 e. The molecular formula is C13H17ClN4. The molecule has 0 spiro atoms.